The Morgan fingerprint density at radius 1 is 0.882 bits per heavy atom. The maximum Gasteiger partial charge on any atom is 0.261 e. The van der Waals surface area contributed by atoms with Crippen LogP contribution in [0, 0.1) is 18.8 Å². The highest BCUT2D eigenvalue weighted by atomic mass is 32.2. The van der Waals surface area contributed by atoms with E-state index in [0.29, 0.717) is 43.1 Å². The van der Waals surface area contributed by atoms with Gasteiger partial charge >= 0.3 is 0 Å². The number of nitrogens with one attached hydrogen (secondary N) is 1. The second-order valence-corrected chi connectivity index (χ2v) is 11.3. The molecule has 0 saturated carbocycles. The maximum absolute atomic E-state index is 13.1. The Labute approximate surface area is 202 Å². The molecule has 0 unspecified atom stereocenters. The van der Waals surface area contributed by atoms with E-state index in [1.54, 1.807) is 29.2 Å². The number of carbonyl (C=O) groups is 2. The topological polar surface area (TPSA) is 86.8 Å². The molecule has 2 heterocycles. The van der Waals surface area contributed by atoms with E-state index in [2.05, 4.69) is 11.6 Å². The van der Waals surface area contributed by atoms with E-state index < -0.39 is 10.0 Å². The van der Waals surface area contributed by atoms with Crippen LogP contribution in [-0.4, -0.2) is 56.2 Å². The lowest BCUT2D eigenvalue weighted by molar-refractivity contribution is -0.138. The number of likely N-dealkylation sites (tertiary alicyclic amines) is 2. The van der Waals surface area contributed by atoms with Crippen LogP contribution in [0.5, 0.6) is 0 Å². The minimum atomic E-state index is -3.82. The van der Waals surface area contributed by atoms with Gasteiger partial charge in [0, 0.05) is 43.3 Å². The molecular formula is C26H33N3O4S. The summed E-state index contributed by atoms with van der Waals surface area (Å²) in [6.07, 6.45) is 3.40. The number of benzene rings is 2. The maximum atomic E-state index is 13.1. The first kappa shape index (κ1) is 24.3. The standard InChI is InChI=1S/C26H33N3O4S/c1-19-6-8-23(9-7-19)27-34(32,33)24-5-3-4-22(18-24)26(31)29-16-12-21(13-17-29)25(30)28-14-10-20(2)11-15-28/h3-9,18,20-21,27H,10-17H2,1-2H3. The van der Waals surface area contributed by atoms with E-state index in [1.807, 2.05) is 24.0 Å². The van der Waals surface area contributed by atoms with Crippen LogP contribution in [0.2, 0.25) is 0 Å². The number of piperidine rings is 2. The number of carbonyl (C=O) groups excluding carboxylic acids is 2. The van der Waals surface area contributed by atoms with E-state index >= 15 is 0 Å². The molecule has 7 nitrogen and oxygen atoms in total. The first-order valence-corrected chi connectivity index (χ1v) is 13.5. The molecule has 0 aromatic heterocycles. The Morgan fingerprint density at radius 2 is 1.50 bits per heavy atom. The van der Waals surface area contributed by atoms with Crippen LogP contribution in [0.3, 0.4) is 0 Å². The minimum absolute atomic E-state index is 0.0390. The van der Waals surface area contributed by atoms with Crippen LogP contribution in [0.1, 0.15) is 48.5 Å². The molecule has 2 fully saturated rings. The zero-order valence-corrected chi connectivity index (χ0v) is 20.7. The van der Waals surface area contributed by atoms with Crippen LogP contribution < -0.4 is 4.72 Å². The summed E-state index contributed by atoms with van der Waals surface area (Å²) in [4.78, 5) is 29.7. The van der Waals surface area contributed by atoms with Crippen molar-refractivity contribution >= 4 is 27.5 Å². The van der Waals surface area contributed by atoms with Crippen molar-refractivity contribution in [2.45, 2.75) is 44.4 Å². The molecule has 34 heavy (non-hydrogen) atoms. The summed E-state index contributed by atoms with van der Waals surface area (Å²) in [5.74, 6) is 0.650. The Kier molecular flexibility index (Phi) is 7.26. The highest BCUT2D eigenvalue weighted by Crippen LogP contribution is 2.25. The van der Waals surface area contributed by atoms with Gasteiger partial charge in [0.25, 0.3) is 15.9 Å². The summed E-state index contributed by atoms with van der Waals surface area (Å²) >= 11 is 0. The van der Waals surface area contributed by atoms with Crippen LogP contribution in [0.25, 0.3) is 0 Å². The molecule has 8 heteroatoms. The molecule has 2 saturated heterocycles. The van der Waals surface area contributed by atoms with Gasteiger partial charge in [-0.15, -0.1) is 0 Å². The molecule has 2 aromatic carbocycles. The van der Waals surface area contributed by atoms with E-state index in [0.717, 1.165) is 31.5 Å². The molecule has 2 aliphatic rings. The zero-order chi connectivity index (χ0) is 24.3. The number of anilines is 1. The smallest absolute Gasteiger partial charge is 0.261 e. The molecule has 4 rings (SSSR count). The molecule has 2 aliphatic heterocycles. The molecule has 0 aliphatic carbocycles. The fraction of sp³-hybridized carbons (Fsp3) is 0.462. The molecule has 0 atom stereocenters. The number of nitrogens with zero attached hydrogens (tertiary/aromatic N) is 2. The Hall–Kier alpha value is -2.87. The van der Waals surface area contributed by atoms with Crippen LogP contribution >= 0.6 is 0 Å². The van der Waals surface area contributed by atoms with Crippen molar-refractivity contribution in [1.29, 1.82) is 0 Å². The fourth-order valence-corrected chi connectivity index (χ4v) is 5.74. The molecule has 2 aromatic rings. The van der Waals surface area contributed by atoms with Crippen molar-refractivity contribution in [2.75, 3.05) is 30.9 Å². The normalized spacial score (nSPS) is 18.1. The molecular weight excluding hydrogens is 450 g/mol. The van der Waals surface area contributed by atoms with Gasteiger partial charge in [-0.05, 0) is 68.9 Å². The highest BCUT2D eigenvalue weighted by molar-refractivity contribution is 7.92. The van der Waals surface area contributed by atoms with Crippen molar-refractivity contribution in [1.82, 2.24) is 9.80 Å². The Balaban J connectivity index is 1.38. The summed E-state index contributed by atoms with van der Waals surface area (Å²) in [6.45, 7) is 6.81. The number of rotatable bonds is 5. The van der Waals surface area contributed by atoms with Gasteiger partial charge in [-0.1, -0.05) is 30.7 Å². The molecule has 0 radical (unpaired) electrons. The number of aryl methyl sites for hydroxylation is 1. The lowest BCUT2D eigenvalue weighted by Gasteiger charge is -2.36. The largest absolute Gasteiger partial charge is 0.342 e. The third-order valence-electron chi connectivity index (χ3n) is 6.92. The lowest BCUT2D eigenvalue weighted by Crippen LogP contribution is -2.46. The monoisotopic (exact) mass is 483 g/mol. The predicted molar refractivity (Wildman–Crippen MR) is 132 cm³/mol. The molecule has 182 valence electrons. The summed E-state index contributed by atoms with van der Waals surface area (Å²) < 4.78 is 28.3. The van der Waals surface area contributed by atoms with Crippen LogP contribution in [0.15, 0.2) is 53.4 Å². The summed E-state index contributed by atoms with van der Waals surface area (Å²) in [5, 5.41) is 0. The van der Waals surface area contributed by atoms with Gasteiger partial charge < -0.3 is 9.80 Å². The van der Waals surface area contributed by atoms with Crippen molar-refractivity contribution < 1.29 is 18.0 Å². The average molecular weight is 484 g/mol. The summed E-state index contributed by atoms with van der Waals surface area (Å²) in [7, 11) is -3.82. The van der Waals surface area contributed by atoms with E-state index in [-0.39, 0.29) is 22.6 Å². The summed E-state index contributed by atoms with van der Waals surface area (Å²) in [5.41, 5.74) is 1.84. The van der Waals surface area contributed by atoms with Gasteiger partial charge in [0.1, 0.15) is 0 Å². The zero-order valence-electron chi connectivity index (χ0n) is 19.9. The van der Waals surface area contributed by atoms with Gasteiger partial charge in [-0.3, -0.25) is 14.3 Å². The van der Waals surface area contributed by atoms with Gasteiger partial charge in [0.15, 0.2) is 0 Å². The second-order valence-electron chi connectivity index (χ2n) is 9.57. The minimum Gasteiger partial charge on any atom is -0.342 e. The van der Waals surface area contributed by atoms with Crippen molar-refractivity contribution in [2.24, 2.45) is 11.8 Å². The van der Waals surface area contributed by atoms with E-state index in [9.17, 15) is 18.0 Å². The molecule has 1 N–H and O–H groups in total. The van der Waals surface area contributed by atoms with E-state index in [1.165, 1.54) is 12.1 Å². The first-order valence-electron chi connectivity index (χ1n) is 12.0. The van der Waals surface area contributed by atoms with Crippen molar-refractivity contribution in [3.63, 3.8) is 0 Å². The lowest BCUT2D eigenvalue weighted by atomic mass is 9.92. The number of sulfonamides is 1. The quantitative estimate of drug-likeness (QED) is 0.699. The summed E-state index contributed by atoms with van der Waals surface area (Å²) in [6, 6.07) is 13.2. The molecule has 0 bridgehead atoms. The van der Waals surface area contributed by atoms with Gasteiger partial charge in [0.05, 0.1) is 4.90 Å². The van der Waals surface area contributed by atoms with Crippen molar-refractivity contribution in [3.8, 4) is 0 Å². The first-order chi connectivity index (χ1) is 16.2. The SMILES string of the molecule is Cc1ccc(NS(=O)(=O)c2cccc(C(=O)N3CCC(C(=O)N4CCC(C)CC4)CC3)c2)cc1. The fourth-order valence-electron chi connectivity index (χ4n) is 4.63. The number of hydrogen-bond donors (Lipinski definition) is 1. The number of hydrogen-bond acceptors (Lipinski definition) is 4. The van der Waals surface area contributed by atoms with Gasteiger partial charge in [-0.2, -0.15) is 0 Å². The van der Waals surface area contributed by atoms with E-state index in [4.69, 9.17) is 0 Å². The predicted octanol–water partition coefficient (Wildman–Crippen LogP) is 3.91. The molecule has 2 amide bonds. The van der Waals surface area contributed by atoms with Crippen molar-refractivity contribution in [3.05, 3.63) is 59.7 Å². The second kappa shape index (κ2) is 10.2. The highest BCUT2D eigenvalue weighted by Gasteiger charge is 2.32. The molecule has 0 spiro atoms. The average Bonchev–Trinajstić information content (AvgIpc) is 2.85. The van der Waals surface area contributed by atoms with Gasteiger partial charge in [0.2, 0.25) is 5.91 Å². The Morgan fingerprint density at radius 3 is 2.15 bits per heavy atom. The third kappa shape index (κ3) is 5.60. The van der Waals surface area contributed by atoms with Crippen LogP contribution in [-0.2, 0) is 14.8 Å². The Bertz CT molecular complexity index is 1130. The number of amides is 2. The third-order valence-corrected chi connectivity index (χ3v) is 8.30. The van der Waals surface area contributed by atoms with Gasteiger partial charge in [-0.25, -0.2) is 8.42 Å². The van der Waals surface area contributed by atoms with Crippen LogP contribution in [0.4, 0.5) is 5.69 Å².